The molecule has 0 aromatic carbocycles. The van der Waals surface area contributed by atoms with Crippen LogP contribution in [0.3, 0.4) is 0 Å². The van der Waals surface area contributed by atoms with Crippen LogP contribution in [0.2, 0.25) is 0 Å². The van der Waals surface area contributed by atoms with Crippen LogP contribution in [-0.2, 0) is 9.53 Å². The van der Waals surface area contributed by atoms with E-state index in [2.05, 4.69) is 16.6 Å². The SMILES string of the molecule is COC(=O)CCSc1nc(C)c(C)s1. The zero-order valence-electron chi connectivity index (χ0n) is 8.49. The molecule has 0 radical (unpaired) electrons. The molecule has 14 heavy (non-hydrogen) atoms. The number of nitrogens with zero attached hydrogens (tertiary/aromatic N) is 1. The standard InChI is InChI=1S/C9H13NO2S2/c1-6-7(2)14-9(10-6)13-5-4-8(11)12-3/h4-5H2,1-3H3. The summed E-state index contributed by atoms with van der Waals surface area (Å²) in [5.41, 5.74) is 1.08. The van der Waals surface area contributed by atoms with Crippen LogP contribution in [-0.4, -0.2) is 23.8 Å². The van der Waals surface area contributed by atoms with Crippen LogP contribution in [0.15, 0.2) is 4.34 Å². The van der Waals surface area contributed by atoms with Crippen molar-refractivity contribution in [2.24, 2.45) is 0 Å². The number of esters is 1. The van der Waals surface area contributed by atoms with Gasteiger partial charge in [0.2, 0.25) is 0 Å². The molecular weight excluding hydrogens is 218 g/mol. The molecule has 1 aromatic rings. The van der Waals surface area contributed by atoms with Gasteiger partial charge in [0.1, 0.15) is 4.34 Å². The van der Waals surface area contributed by atoms with Crippen molar-refractivity contribution in [3.63, 3.8) is 0 Å². The molecule has 0 saturated heterocycles. The number of hydrogen-bond donors (Lipinski definition) is 0. The van der Waals surface area contributed by atoms with Gasteiger partial charge in [0.15, 0.2) is 0 Å². The Morgan fingerprint density at radius 1 is 1.57 bits per heavy atom. The van der Waals surface area contributed by atoms with Gasteiger partial charge in [-0.3, -0.25) is 4.79 Å². The van der Waals surface area contributed by atoms with Gasteiger partial charge in [0.05, 0.1) is 19.2 Å². The molecule has 78 valence electrons. The Hall–Kier alpha value is -0.550. The van der Waals surface area contributed by atoms with Crippen molar-refractivity contribution in [3.8, 4) is 0 Å². The lowest BCUT2D eigenvalue weighted by molar-refractivity contribution is -0.140. The van der Waals surface area contributed by atoms with Crippen LogP contribution in [0.5, 0.6) is 0 Å². The van der Waals surface area contributed by atoms with Crippen molar-refractivity contribution in [2.75, 3.05) is 12.9 Å². The molecule has 0 atom stereocenters. The lowest BCUT2D eigenvalue weighted by atomic mass is 10.4. The maximum atomic E-state index is 10.8. The fraction of sp³-hybridized carbons (Fsp3) is 0.556. The third kappa shape index (κ3) is 3.31. The molecule has 0 fully saturated rings. The Morgan fingerprint density at radius 3 is 2.79 bits per heavy atom. The van der Waals surface area contributed by atoms with E-state index in [0.29, 0.717) is 6.42 Å². The van der Waals surface area contributed by atoms with Gasteiger partial charge >= 0.3 is 5.97 Å². The highest BCUT2D eigenvalue weighted by Crippen LogP contribution is 2.26. The van der Waals surface area contributed by atoms with Crippen LogP contribution in [0, 0.1) is 13.8 Å². The largest absolute Gasteiger partial charge is 0.469 e. The van der Waals surface area contributed by atoms with E-state index in [-0.39, 0.29) is 5.97 Å². The molecule has 0 saturated carbocycles. The minimum absolute atomic E-state index is 0.164. The summed E-state index contributed by atoms with van der Waals surface area (Å²) >= 11 is 3.28. The summed E-state index contributed by atoms with van der Waals surface area (Å²) in [6, 6.07) is 0. The molecule has 1 rings (SSSR count). The van der Waals surface area contributed by atoms with E-state index in [0.717, 1.165) is 15.8 Å². The Morgan fingerprint density at radius 2 is 2.29 bits per heavy atom. The molecule has 1 heterocycles. The number of carbonyl (C=O) groups is 1. The number of thiazole rings is 1. The van der Waals surface area contributed by atoms with Crippen LogP contribution in [0.25, 0.3) is 0 Å². The van der Waals surface area contributed by atoms with Crippen LogP contribution < -0.4 is 0 Å². The maximum absolute atomic E-state index is 10.8. The molecule has 0 aliphatic rings. The fourth-order valence-electron chi connectivity index (χ4n) is 0.829. The number of ether oxygens (including phenoxy) is 1. The van der Waals surface area contributed by atoms with E-state index in [4.69, 9.17) is 0 Å². The summed E-state index contributed by atoms with van der Waals surface area (Å²) in [6.45, 7) is 4.05. The van der Waals surface area contributed by atoms with Crippen LogP contribution in [0.1, 0.15) is 17.0 Å². The van der Waals surface area contributed by atoms with Gasteiger partial charge in [-0.15, -0.1) is 11.3 Å². The average Bonchev–Trinajstić information content (AvgIpc) is 2.46. The van der Waals surface area contributed by atoms with Crippen molar-refractivity contribution < 1.29 is 9.53 Å². The van der Waals surface area contributed by atoms with Gasteiger partial charge in [-0.1, -0.05) is 11.8 Å². The van der Waals surface area contributed by atoms with Gasteiger partial charge in [-0.05, 0) is 13.8 Å². The number of carbonyl (C=O) groups excluding carboxylic acids is 1. The molecule has 5 heteroatoms. The molecule has 0 amide bonds. The number of rotatable bonds is 4. The van der Waals surface area contributed by atoms with Crippen molar-refractivity contribution in [3.05, 3.63) is 10.6 Å². The average molecular weight is 231 g/mol. The first-order valence-electron chi connectivity index (χ1n) is 4.27. The molecule has 0 aliphatic heterocycles. The monoisotopic (exact) mass is 231 g/mol. The van der Waals surface area contributed by atoms with Crippen molar-refractivity contribution in [2.45, 2.75) is 24.6 Å². The normalized spacial score (nSPS) is 10.2. The minimum atomic E-state index is -0.164. The highest BCUT2D eigenvalue weighted by Gasteiger charge is 2.05. The topological polar surface area (TPSA) is 39.2 Å². The number of aromatic nitrogens is 1. The molecule has 3 nitrogen and oxygen atoms in total. The summed E-state index contributed by atoms with van der Waals surface area (Å²) < 4.78 is 5.58. The lowest BCUT2D eigenvalue weighted by Gasteiger charge is -1.96. The summed E-state index contributed by atoms with van der Waals surface area (Å²) in [7, 11) is 1.41. The van der Waals surface area contributed by atoms with Gasteiger partial charge in [0, 0.05) is 10.6 Å². The van der Waals surface area contributed by atoms with Crippen molar-refractivity contribution in [1.29, 1.82) is 0 Å². The van der Waals surface area contributed by atoms with E-state index in [9.17, 15) is 4.79 Å². The molecule has 0 spiro atoms. The third-order valence-corrected chi connectivity index (χ3v) is 3.99. The van der Waals surface area contributed by atoms with Crippen molar-refractivity contribution >= 4 is 29.1 Å². The summed E-state index contributed by atoms with van der Waals surface area (Å²) in [4.78, 5) is 16.4. The zero-order valence-corrected chi connectivity index (χ0v) is 10.1. The first-order chi connectivity index (χ1) is 6.63. The predicted octanol–water partition coefficient (Wildman–Crippen LogP) is 2.42. The second-order valence-corrected chi connectivity index (χ2v) is 5.34. The molecule has 0 unspecified atom stereocenters. The fourth-order valence-corrected chi connectivity index (χ4v) is 2.97. The third-order valence-electron chi connectivity index (χ3n) is 1.77. The minimum Gasteiger partial charge on any atom is -0.469 e. The Labute approximate surface area is 91.9 Å². The maximum Gasteiger partial charge on any atom is 0.306 e. The number of aryl methyl sites for hydroxylation is 2. The van der Waals surface area contributed by atoms with E-state index in [1.165, 1.54) is 12.0 Å². The van der Waals surface area contributed by atoms with E-state index in [1.807, 2.05) is 6.92 Å². The first kappa shape index (κ1) is 11.5. The highest BCUT2D eigenvalue weighted by molar-refractivity contribution is 8.01. The Balaban J connectivity index is 2.35. The van der Waals surface area contributed by atoms with Crippen LogP contribution in [0.4, 0.5) is 0 Å². The van der Waals surface area contributed by atoms with Crippen LogP contribution >= 0.6 is 23.1 Å². The van der Waals surface area contributed by atoms with E-state index >= 15 is 0 Å². The van der Waals surface area contributed by atoms with Gasteiger partial charge in [-0.2, -0.15) is 0 Å². The quantitative estimate of drug-likeness (QED) is 0.589. The highest BCUT2D eigenvalue weighted by atomic mass is 32.2. The predicted molar refractivity (Wildman–Crippen MR) is 58.9 cm³/mol. The summed E-state index contributed by atoms with van der Waals surface area (Å²) in [5, 5.41) is 0. The molecule has 1 aromatic heterocycles. The summed E-state index contributed by atoms with van der Waals surface area (Å²) in [6.07, 6.45) is 0.443. The zero-order chi connectivity index (χ0) is 10.6. The molecule has 0 N–H and O–H groups in total. The number of thioether (sulfide) groups is 1. The smallest absolute Gasteiger partial charge is 0.306 e. The van der Waals surface area contributed by atoms with E-state index < -0.39 is 0 Å². The summed E-state index contributed by atoms with van der Waals surface area (Å²) in [5.74, 6) is 0.571. The number of methoxy groups -OCH3 is 1. The number of hydrogen-bond acceptors (Lipinski definition) is 5. The lowest BCUT2D eigenvalue weighted by Crippen LogP contribution is -2.00. The second kappa shape index (κ2) is 5.36. The van der Waals surface area contributed by atoms with E-state index in [1.54, 1.807) is 23.1 Å². The van der Waals surface area contributed by atoms with Gasteiger partial charge < -0.3 is 4.74 Å². The van der Waals surface area contributed by atoms with Gasteiger partial charge in [-0.25, -0.2) is 4.98 Å². The Bertz CT molecular complexity index is 303. The van der Waals surface area contributed by atoms with Gasteiger partial charge in [0.25, 0.3) is 0 Å². The Kier molecular flexibility index (Phi) is 4.41. The second-order valence-electron chi connectivity index (χ2n) is 2.80. The van der Waals surface area contributed by atoms with Crippen molar-refractivity contribution in [1.82, 2.24) is 4.98 Å². The molecule has 0 aliphatic carbocycles. The molecular formula is C9H13NO2S2. The molecule has 0 bridgehead atoms. The first-order valence-corrected chi connectivity index (χ1v) is 6.07.